The van der Waals surface area contributed by atoms with E-state index in [9.17, 15) is 9.59 Å². The summed E-state index contributed by atoms with van der Waals surface area (Å²) in [7, 11) is 0. The summed E-state index contributed by atoms with van der Waals surface area (Å²) in [6.45, 7) is 3.49. The van der Waals surface area contributed by atoms with Gasteiger partial charge in [-0.3, -0.25) is 14.5 Å². The Morgan fingerprint density at radius 3 is 2.80 bits per heavy atom. The van der Waals surface area contributed by atoms with Crippen molar-refractivity contribution < 1.29 is 4.79 Å². The first-order valence-electron chi connectivity index (χ1n) is 8.80. The molecule has 130 valence electrons. The van der Waals surface area contributed by atoms with Crippen molar-refractivity contribution >= 4 is 5.91 Å². The van der Waals surface area contributed by atoms with Crippen LogP contribution >= 0.6 is 0 Å². The van der Waals surface area contributed by atoms with Crippen molar-refractivity contribution in [3.63, 3.8) is 0 Å². The molecule has 6 nitrogen and oxygen atoms in total. The minimum atomic E-state index is -0.360. The van der Waals surface area contributed by atoms with Crippen LogP contribution in [0.15, 0.2) is 47.7 Å². The number of amides is 1. The number of carbonyl (C=O) groups excluding carboxylic acids is 1. The number of nitrogens with one attached hydrogen (secondary N) is 1. The smallest absolute Gasteiger partial charge is 0.263 e. The van der Waals surface area contributed by atoms with Crippen LogP contribution in [0.3, 0.4) is 0 Å². The number of nitrogens with zero attached hydrogens (tertiary/aromatic N) is 3. The van der Waals surface area contributed by atoms with Gasteiger partial charge in [0.05, 0.1) is 6.33 Å². The first kappa shape index (κ1) is 16.0. The molecule has 3 fully saturated rings. The molecule has 2 atom stereocenters. The molecule has 2 bridgehead atoms. The van der Waals surface area contributed by atoms with Crippen LogP contribution in [0.1, 0.15) is 28.8 Å². The molecule has 3 saturated heterocycles. The Kier molecular flexibility index (Phi) is 4.36. The fourth-order valence-corrected chi connectivity index (χ4v) is 4.05. The standard InChI is InChI=1S/C19H22N4O2/c24-18-17(8-20-13-21-18)19(25)23-11-15-6-7-16(23)12-22(10-15)9-14-4-2-1-3-5-14/h1-5,8,13,15-16H,6-7,9-12H2,(H,20,21,24)/t15-,16+/m0/s1. The zero-order valence-electron chi connectivity index (χ0n) is 14.1. The quantitative estimate of drug-likeness (QED) is 0.921. The molecule has 0 aliphatic carbocycles. The minimum absolute atomic E-state index is 0.143. The summed E-state index contributed by atoms with van der Waals surface area (Å²) in [5, 5.41) is 0. The number of benzene rings is 1. The Bertz CT molecular complexity index is 804. The van der Waals surface area contributed by atoms with E-state index in [4.69, 9.17) is 0 Å². The van der Waals surface area contributed by atoms with Crippen LogP contribution in [0.2, 0.25) is 0 Å². The molecular formula is C19H22N4O2. The number of aromatic amines is 1. The van der Waals surface area contributed by atoms with Gasteiger partial charge in [0.2, 0.25) is 0 Å². The highest BCUT2D eigenvalue weighted by Crippen LogP contribution is 2.29. The monoisotopic (exact) mass is 338 g/mol. The highest BCUT2D eigenvalue weighted by molar-refractivity contribution is 5.93. The average Bonchev–Trinajstić information content (AvgIpc) is 2.93. The Morgan fingerprint density at radius 1 is 1.16 bits per heavy atom. The lowest BCUT2D eigenvalue weighted by atomic mass is 9.94. The van der Waals surface area contributed by atoms with Crippen molar-refractivity contribution in [3.8, 4) is 0 Å². The lowest BCUT2D eigenvalue weighted by Crippen LogP contribution is -2.48. The van der Waals surface area contributed by atoms with E-state index >= 15 is 0 Å². The minimum Gasteiger partial charge on any atom is -0.334 e. The van der Waals surface area contributed by atoms with E-state index in [-0.39, 0.29) is 23.1 Å². The molecule has 3 aliphatic rings. The third-order valence-electron chi connectivity index (χ3n) is 5.25. The summed E-state index contributed by atoms with van der Waals surface area (Å²) in [6, 6.07) is 10.6. The predicted molar refractivity (Wildman–Crippen MR) is 94.1 cm³/mol. The molecule has 1 aromatic heterocycles. The maximum absolute atomic E-state index is 12.9. The second kappa shape index (κ2) is 6.80. The molecule has 6 heteroatoms. The number of hydrogen-bond acceptors (Lipinski definition) is 4. The van der Waals surface area contributed by atoms with Crippen LogP contribution in [-0.2, 0) is 6.54 Å². The molecule has 1 amide bonds. The van der Waals surface area contributed by atoms with Gasteiger partial charge in [-0.05, 0) is 24.3 Å². The van der Waals surface area contributed by atoms with Crippen molar-refractivity contribution in [3.05, 3.63) is 64.3 Å². The van der Waals surface area contributed by atoms with Gasteiger partial charge in [-0.25, -0.2) is 4.98 Å². The molecular weight excluding hydrogens is 316 g/mol. The molecule has 0 spiro atoms. The van der Waals surface area contributed by atoms with Crippen LogP contribution in [0.25, 0.3) is 0 Å². The number of rotatable bonds is 3. The van der Waals surface area contributed by atoms with E-state index in [2.05, 4.69) is 39.1 Å². The van der Waals surface area contributed by atoms with Gasteiger partial charge >= 0.3 is 0 Å². The van der Waals surface area contributed by atoms with E-state index in [1.54, 1.807) is 0 Å². The van der Waals surface area contributed by atoms with Gasteiger partial charge < -0.3 is 9.88 Å². The highest BCUT2D eigenvalue weighted by Gasteiger charge is 2.38. The fourth-order valence-electron chi connectivity index (χ4n) is 4.05. The first-order valence-corrected chi connectivity index (χ1v) is 8.80. The maximum Gasteiger partial charge on any atom is 0.263 e. The van der Waals surface area contributed by atoms with Crippen LogP contribution in [-0.4, -0.2) is 51.4 Å². The van der Waals surface area contributed by atoms with E-state index in [1.165, 1.54) is 18.1 Å². The molecule has 0 saturated carbocycles. The van der Waals surface area contributed by atoms with Crippen LogP contribution in [0.5, 0.6) is 0 Å². The van der Waals surface area contributed by atoms with E-state index in [0.29, 0.717) is 5.92 Å². The normalized spacial score (nSPS) is 23.4. The molecule has 3 aliphatic heterocycles. The SMILES string of the molecule is O=C(c1cnc[nH]c1=O)N1C[C@H]2CC[C@@H]1CN(Cc1ccccc1)C2. The number of H-pyrrole nitrogens is 1. The van der Waals surface area contributed by atoms with Gasteiger partial charge in [0, 0.05) is 38.4 Å². The molecule has 2 aromatic rings. The summed E-state index contributed by atoms with van der Waals surface area (Å²) in [5.74, 6) is 0.271. The fraction of sp³-hybridized carbons (Fsp3) is 0.421. The summed E-state index contributed by atoms with van der Waals surface area (Å²) in [4.78, 5) is 35.6. The van der Waals surface area contributed by atoms with Crippen LogP contribution in [0.4, 0.5) is 0 Å². The van der Waals surface area contributed by atoms with Crippen molar-refractivity contribution in [1.82, 2.24) is 19.8 Å². The topological polar surface area (TPSA) is 69.3 Å². The van der Waals surface area contributed by atoms with E-state index in [1.807, 2.05) is 11.0 Å². The molecule has 25 heavy (non-hydrogen) atoms. The molecule has 0 radical (unpaired) electrons. The second-order valence-electron chi connectivity index (χ2n) is 7.03. The van der Waals surface area contributed by atoms with E-state index < -0.39 is 0 Å². The average molecular weight is 338 g/mol. The van der Waals surface area contributed by atoms with Gasteiger partial charge in [0.1, 0.15) is 5.56 Å². The van der Waals surface area contributed by atoms with E-state index in [0.717, 1.165) is 39.0 Å². The lowest BCUT2D eigenvalue weighted by molar-refractivity contribution is 0.0582. The van der Waals surface area contributed by atoms with Crippen molar-refractivity contribution in [1.29, 1.82) is 0 Å². The van der Waals surface area contributed by atoms with Gasteiger partial charge in [-0.15, -0.1) is 0 Å². The Morgan fingerprint density at radius 2 is 2.00 bits per heavy atom. The van der Waals surface area contributed by atoms with Gasteiger partial charge in [-0.1, -0.05) is 30.3 Å². The van der Waals surface area contributed by atoms with Crippen LogP contribution in [0, 0.1) is 5.92 Å². The summed E-state index contributed by atoms with van der Waals surface area (Å²) in [6.07, 6.45) is 4.83. The summed E-state index contributed by atoms with van der Waals surface area (Å²) < 4.78 is 0. The lowest BCUT2D eigenvalue weighted by Gasteiger charge is -2.36. The highest BCUT2D eigenvalue weighted by atomic mass is 16.2. The second-order valence-corrected chi connectivity index (χ2v) is 7.03. The van der Waals surface area contributed by atoms with Gasteiger partial charge in [-0.2, -0.15) is 0 Å². The van der Waals surface area contributed by atoms with Crippen LogP contribution < -0.4 is 5.56 Å². The molecule has 0 unspecified atom stereocenters. The maximum atomic E-state index is 12.9. The van der Waals surface area contributed by atoms with Gasteiger partial charge in [0.25, 0.3) is 11.5 Å². The zero-order chi connectivity index (χ0) is 17.2. The molecule has 1 aromatic carbocycles. The number of piperidine rings is 1. The Balaban J connectivity index is 1.53. The first-order chi connectivity index (χ1) is 12.2. The zero-order valence-corrected chi connectivity index (χ0v) is 14.1. The molecule has 1 N–H and O–H groups in total. The largest absolute Gasteiger partial charge is 0.334 e. The van der Waals surface area contributed by atoms with Crippen molar-refractivity contribution in [2.75, 3.05) is 19.6 Å². The molecule has 5 rings (SSSR count). The van der Waals surface area contributed by atoms with Crippen molar-refractivity contribution in [2.45, 2.75) is 25.4 Å². The molecule has 4 heterocycles. The predicted octanol–water partition coefficient (Wildman–Crippen LogP) is 1.51. The van der Waals surface area contributed by atoms with Crippen molar-refractivity contribution in [2.24, 2.45) is 5.92 Å². The number of aromatic nitrogens is 2. The van der Waals surface area contributed by atoms with Gasteiger partial charge in [0.15, 0.2) is 0 Å². The Hall–Kier alpha value is -2.47. The number of fused-ring (bicyclic) bond motifs is 4. The summed E-state index contributed by atoms with van der Waals surface area (Å²) >= 11 is 0. The third-order valence-corrected chi connectivity index (χ3v) is 5.25. The number of carbonyl (C=O) groups is 1. The summed E-state index contributed by atoms with van der Waals surface area (Å²) in [5.41, 5.74) is 1.08. The number of hydrogen-bond donors (Lipinski definition) is 1. The Labute approximate surface area is 146 Å². The third kappa shape index (κ3) is 3.35.